The molecule has 0 spiro atoms. The number of amides is 1. The highest BCUT2D eigenvalue weighted by atomic mass is 16.5. The number of nitrogens with one attached hydrogen (secondary N) is 1. The summed E-state index contributed by atoms with van der Waals surface area (Å²) in [5, 5.41) is 3.15. The number of carbonyl (C=O) groups excluding carboxylic acids is 3. The summed E-state index contributed by atoms with van der Waals surface area (Å²) in [6.45, 7) is 1.30. The maximum Gasteiger partial charge on any atom is 0.340 e. The van der Waals surface area contributed by atoms with Crippen molar-refractivity contribution in [1.82, 2.24) is 4.98 Å². The number of anilines is 1. The summed E-state index contributed by atoms with van der Waals surface area (Å²) in [5.41, 5.74) is 2.28. The highest BCUT2D eigenvalue weighted by Crippen LogP contribution is 2.41. The Labute approximate surface area is 230 Å². The van der Waals surface area contributed by atoms with Crippen molar-refractivity contribution in [1.29, 1.82) is 0 Å². The van der Waals surface area contributed by atoms with Crippen LogP contribution in [-0.4, -0.2) is 57.4 Å². The maximum atomic E-state index is 13.2. The van der Waals surface area contributed by atoms with E-state index in [2.05, 4.69) is 5.32 Å². The Morgan fingerprint density at radius 2 is 1.43 bits per heavy atom. The average molecular weight is 545 g/mol. The number of carbonyl (C=O) groups is 3. The average Bonchev–Trinajstić information content (AvgIpc) is 2.98. The largest absolute Gasteiger partial charge is 0.493 e. The maximum absolute atomic E-state index is 13.2. The van der Waals surface area contributed by atoms with Gasteiger partial charge in [-0.25, -0.2) is 14.6 Å². The van der Waals surface area contributed by atoms with Crippen molar-refractivity contribution in [2.24, 2.45) is 0 Å². The SMILES string of the molecule is CCOC(=O)c1ccccc1NC(=O)COC(=O)c1cc(-c2cc(OC)c(OC)c(OC)c2)nc2ccccc12. The second kappa shape index (κ2) is 12.6. The number of esters is 2. The Kier molecular flexibility index (Phi) is 8.80. The van der Waals surface area contributed by atoms with Crippen LogP contribution in [0.15, 0.2) is 66.7 Å². The van der Waals surface area contributed by atoms with Crippen molar-refractivity contribution in [3.63, 3.8) is 0 Å². The van der Waals surface area contributed by atoms with Gasteiger partial charge < -0.3 is 29.0 Å². The molecule has 1 aromatic heterocycles. The topological polar surface area (TPSA) is 122 Å². The highest BCUT2D eigenvalue weighted by molar-refractivity contribution is 6.06. The lowest BCUT2D eigenvalue weighted by molar-refractivity contribution is -0.119. The summed E-state index contributed by atoms with van der Waals surface area (Å²) in [4.78, 5) is 42.8. The van der Waals surface area contributed by atoms with Crippen LogP contribution in [0, 0.1) is 0 Å². The van der Waals surface area contributed by atoms with Crippen LogP contribution in [0.3, 0.4) is 0 Å². The van der Waals surface area contributed by atoms with Crippen LogP contribution in [0.4, 0.5) is 5.69 Å². The number of fused-ring (bicyclic) bond motifs is 1. The molecule has 10 nitrogen and oxygen atoms in total. The molecule has 0 radical (unpaired) electrons. The van der Waals surface area contributed by atoms with Crippen LogP contribution in [0.2, 0.25) is 0 Å². The Balaban J connectivity index is 1.61. The first-order valence-electron chi connectivity index (χ1n) is 12.3. The van der Waals surface area contributed by atoms with Gasteiger partial charge in [-0.3, -0.25) is 4.79 Å². The number of hydrogen-bond acceptors (Lipinski definition) is 9. The van der Waals surface area contributed by atoms with Gasteiger partial charge >= 0.3 is 11.9 Å². The molecule has 0 unspecified atom stereocenters. The minimum atomic E-state index is -0.721. The molecule has 0 fully saturated rings. The van der Waals surface area contributed by atoms with Gasteiger partial charge in [-0.1, -0.05) is 30.3 Å². The van der Waals surface area contributed by atoms with E-state index in [1.807, 2.05) is 0 Å². The van der Waals surface area contributed by atoms with Crippen molar-refractivity contribution >= 4 is 34.4 Å². The first-order valence-corrected chi connectivity index (χ1v) is 12.3. The van der Waals surface area contributed by atoms with E-state index < -0.39 is 24.5 Å². The smallest absolute Gasteiger partial charge is 0.340 e. The summed E-state index contributed by atoms with van der Waals surface area (Å²) in [6.07, 6.45) is 0. The molecular weight excluding hydrogens is 516 g/mol. The van der Waals surface area contributed by atoms with Gasteiger partial charge in [0.05, 0.1) is 56.0 Å². The van der Waals surface area contributed by atoms with Gasteiger partial charge in [0.2, 0.25) is 5.75 Å². The number of nitrogens with zero attached hydrogens (tertiary/aromatic N) is 1. The van der Waals surface area contributed by atoms with Crippen molar-refractivity contribution in [2.45, 2.75) is 6.92 Å². The number of benzene rings is 3. The Morgan fingerprint density at radius 3 is 2.10 bits per heavy atom. The second-order valence-electron chi connectivity index (χ2n) is 8.38. The van der Waals surface area contributed by atoms with Crippen LogP contribution in [-0.2, 0) is 14.3 Å². The molecule has 0 bridgehead atoms. The molecule has 10 heteroatoms. The first-order chi connectivity index (χ1) is 19.4. The van der Waals surface area contributed by atoms with E-state index in [0.717, 1.165) is 0 Å². The predicted molar refractivity (Wildman–Crippen MR) is 148 cm³/mol. The molecular formula is C30H28N2O8. The summed E-state index contributed by atoms with van der Waals surface area (Å²) in [5.74, 6) is -0.636. The van der Waals surface area contributed by atoms with Gasteiger partial charge in [-0.2, -0.15) is 0 Å². The number of methoxy groups -OCH3 is 3. The fourth-order valence-electron chi connectivity index (χ4n) is 4.10. The molecule has 4 rings (SSSR count). The molecule has 0 aliphatic rings. The van der Waals surface area contributed by atoms with Gasteiger partial charge in [-0.15, -0.1) is 0 Å². The minimum Gasteiger partial charge on any atom is -0.493 e. The quantitative estimate of drug-likeness (QED) is 0.278. The lowest BCUT2D eigenvalue weighted by Crippen LogP contribution is -2.22. The Hall–Kier alpha value is -5.12. The number of aromatic nitrogens is 1. The lowest BCUT2D eigenvalue weighted by Gasteiger charge is -2.15. The molecule has 0 saturated heterocycles. The van der Waals surface area contributed by atoms with Crippen LogP contribution in [0.5, 0.6) is 17.2 Å². The molecule has 40 heavy (non-hydrogen) atoms. The first kappa shape index (κ1) is 27.9. The molecule has 1 heterocycles. The molecule has 3 aromatic carbocycles. The molecule has 206 valence electrons. The molecule has 1 amide bonds. The second-order valence-corrected chi connectivity index (χ2v) is 8.38. The van der Waals surface area contributed by atoms with Gasteiger partial charge in [0.1, 0.15) is 0 Å². The molecule has 0 atom stereocenters. The van der Waals surface area contributed by atoms with E-state index in [1.165, 1.54) is 27.4 Å². The minimum absolute atomic E-state index is 0.191. The van der Waals surface area contributed by atoms with Gasteiger partial charge in [0, 0.05) is 10.9 Å². The molecule has 0 saturated carbocycles. The number of ether oxygens (including phenoxy) is 5. The van der Waals surface area contributed by atoms with Crippen molar-refractivity contribution < 1.29 is 38.1 Å². The van der Waals surface area contributed by atoms with Crippen molar-refractivity contribution in [3.8, 4) is 28.5 Å². The van der Waals surface area contributed by atoms with E-state index in [-0.39, 0.29) is 23.4 Å². The van der Waals surface area contributed by atoms with Gasteiger partial charge in [-0.05, 0) is 43.3 Å². The van der Waals surface area contributed by atoms with Crippen LogP contribution in [0.25, 0.3) is 22.2 Å². The lowest BCUT2D eigenvalue weighted by atomic mass is 10.0. The predicted octanol–water partition coefficient (Wildman–Crippen LogP) is 4.90. The van der Waals surface area contributed by atoms with Crippen LogP contribution >= 0.6 is 0 Å². The molecule has 0 aliphatic heterocycles. The van der Waals surface area contributed by atoms with Crippen LogP contribution < -0.4 is 19.5 Å². The normalized spacial score (nSPS) is 10.5. The zero-order chi connectivity index (χ0) is 28.6. The molecule has 0 aliphatic carbocycles. The molecule has 4 aromatic rings. The standard InChI is InChI=1S/C30H28N2O8/c1-5-39-29(34)20-11-7-9-13-23(20)32-27(33)17-40-30(35)21-16-24(31-22-12-8-6-10-19(21)22)18-14-25(36-2)28(38-4)26(15-18)37-3/h6-16H,5,17H2,1-4H3,(H,32,33). The van der Waals surface area contributed by atoms with E-state index >= 15 is 0 Å². The summed E-state index contributed by atoms with van der Waals surface area (Å²) in [7, 11) is 4.52. The third kappa shape index (κ3) is 5.96. The Bertz CT molecular complexity index is 1540. The van der Waals surface area contributed by atoms with Gasteiger partial charge in [0.25, 0.3) is 5.91 Å². The number of pyridine rings is 1. The summed E-state index contributed by atoms with van der Waals surface area (Å²) in [6, 6.07) is 18.5. The fraction of sp³-hybridized carbons (Fsp3) is 0.200. The number of para-hydroxylation sites is 2. The highest BCUT2D eigenvalue weighted by Gasteiger charge is 2.20. The van der Waals surface area contributed by atoms with Gasteiger partial charge in [0.15, 0.2) is 18.1 Å². The zero-order valence-corrected chi connectivity index (χ0v) is 22.5. The molecule has 1 N–H and O–H groups in total. The number of hydrogen-bond donors (Lipinski definition) is 1. The number of rotatable bonds is 10. The van der Waals surface area contributed by atoms with Crippen molar-refractivity contribution in [3.05, 3.63) is 77.9 Å². The van der Waals surface area contributed by atoms with E-state index in [0.29, 0.717) is 39.4 Å². The third-order valence-corrected chi connectivity index (χ3v) is 5.93. The van der Waals surface area contributed by atoms with Crippen LogP contribution in [0.1, 0.15) is 27.6 Å². The Morgan fingerprint density at radius 1 is 0.775 bits per heavy atom. The van der Waals surface area contributed by atoms with E-state index in [4.69, 9.17) is 28.7 Å². The fourth-order valence-corrected chi connectivity index (χ4v) is 4.10. The zero-order valence-electron chi connectivity index (χ0n) is 22.5. The van der Waals surface area contributed by atoms with Crippen molar-refractivity contribution in [2.75, 3.05) is 39.9 Å². The monoisotopic (exact) mass is 544 g/mol. The third-order valence-electron chi connectivity index (χ3n) is 5.93. The van der Waals surface area contributed by atoms with E-state index in [1.54, 1.807) is 67.6 Å². The summed E-state index contributed by atoms with van der Waals surface area (Å²) < 4.78 is 26.7. The van der Waals surface area contributed by atoms with E-state index in [9.17, 15) is 14.4 Å². The summed E-state index contributed by atoms with van der Waals surface area (Å²) >= 11 is 0.